The van der Waals surface area contributed by atoms with Gasteiger partial charge in [-0.15, -0.1) is 6.58 Å². The van der Waals surface area contributed by atoms with Gasteiger partial charge in [0.15, 0.2) is 0 Å². The molecular formula is C8H15NO. The Labute approximate surface area is 62.1 Å². The third kappa shape index (κ3) is 2.12. The molecule has 0 bridgehead atoms. The number of nitrogens with two attached hydrogens (primary N) is 1. The van der Waals surface area contributed by atoms with E-state index in [0.29, 0.717) is 18.8 Å². The zero-order valence-electron chi connectivity index (χ0n) is 6.25. The first-order valence-electron chi connectivity index (χ1n) is 3.81. The van der Waals surface area contributed by atoms with Gasteiger partial charge >= 0.3 is 0 Å². The van der Waals surface area contributed by atoms with Gasteiger partial charge in [0.25, 0.3) is 0 Å². The van der Waals surface area contributed by atoms with Gasteiger partial charge in [-0.05, 0) is 19.3 Å². The molecule has 0 aromatic carbocycles. The highest BCUT2D eigenvalue weighted by Gasteiger charge is 2.21. The molecule has 58 valence electrons. The summed E-state index contributed by atoms with van der Waals surface area (Å²) in [4.78, 5) is 0. The second-order valence-electron chi connectivity index (χ2n) is 2.82. The number of hydrogen-bond acceptors (Lipinski definition) is 2. The van der Waals surface area contributed by atoms with Crippen LogP contribution in [0.4, 0.5) is 0 Å². The molecule has 2 heteroatoms. The van der Waals surface area contributed by atoms with Crippen LogP contribution in [0.2, 0.25) is 0 Å². The zero-order chi connectivity index (χ0) is 7.40. The average Bonchev–Trinajstić information content (AvgIpc) is 2.31. The van der Waals surface area contributed by atoms with Crippen molar-refractivity contribution in [1.29, 1.82) is 0 Å². The Bertz CT molecular complexity index is 114. The lowest BCUT2D eigenvalue weighted by Gasteiger charge is -2.08. The van der Waals surface area contributed by atoms with Crippen molar-refractivity contribution in [3.63, 3.8) is 0 Å². The van der Waals surface area contributed by atoms with Crippen molar-refractivity contribution in [2.45, 2.75) is 31.4 Å². The van der Waals surface area contributed by atoms with Gasteiger partial charge in [0.1, 0.15) is 0 Å². The number of hydrogen-bond donors (Lipinski definition) is 1. The normalized spacial score (nSPS) is 32.5. The second kappa shape index (κ2) is 3.74. The maximum absolute atomic E-state index is 5.69. The lowest BCUT2D eigenvalue weighted by atomic mass is 10.3. The molecule has 1 aliphatic rings. The first-order valence-corrected chi connectivity index (χ1v) is 3.81. The van der Waals surface area contributed by atoms with Gasteiger partial charge in [-0.25, -0.2) is 0 Å². The fraction of sp³-hybridized carbons (Fsp3) is 0.750. The van der Waals surface area contributed by atoms with E-state index >= 15 is 0 Å². The Morgan fingerprint density at radius 2 is 2.40 bits per heavy atom. The van der Waals surface area contributed by atoms with Gasteiger partial charge in [-0.2, -0.15) is 0 Å². The summed E-state index contributed by atoms with van der Waals surface area (Å²) < 4.78 is 5.42. The monoisotopic (exact) mass is 141 g/mol. The summed E-state index contributed by atoms with van der Waals surface area (Å²) in [7, 11) is 0. The molecule has 0 aromatic rings. The Morgan fingerprint density at radius 3 is 2.90 bits per heavy atom. The van der Waals surface area contributed by atoms with Crippen molar-refractivity contribution in [1.82, 2.24) is 0 Å². The molecule has 0 aliphatic heterocycles. The summed E-state index contributed by atoms with van der Waals surface area (Å²) in [5.41, 5.74) is 5.69. The molecule has 10 heavy (non-hydrogen) atoms. The van der Waals surface area contributed by atoms with Gasteiger partial charge in [-0.1, -0.05) is 6.08 Å². The van der Waals surface area contributed by atoms with E-state index in [2.05, 4.69) is 6.58 Å². The van der Waals surface area contributed by atoms with E-state index in [1.807, 2.05) is 0 Å². The maximum atomic E-state index is 5.69. The summed E-state index contributed by atoms with van der Waals surface area (Å²) in [6, 6.07) is 0.370. The molecule has 0 amide bonds. The van der Waals surface area contributed by atoms with Crippen LogP contribution in [-0.4, -0.2) is 18.8 Å². The van der Waals surface area contributed by atoms with Gasteiger partial charge in [0, 0.05) is 6.04 Å². The van der Waals surface area contributed by atoms with Crippen LogP contribution >= 0.6 is 0 Å². The lowest BCUT2D eigenvalue weighted by molar-refractivity contribution is 0.0792. The van der Waals surface area contributed by atoms with E-state index < -0.39 is 0 Å². The minimum atomic E-state index is 0.370. The SMILES string of the molecule is C=CCO[C@@H]1CC[C@H](N)C1. The second-order valence-corrected chi connectivity index (χ2v) is 2.82. The first-order chi connectivity index (χ1) is 4.83. The standard InChI is InChI=1S/C8H15NO/c1-2-5-10-8-4-3-7(9)6-8/h2,7-8H,1,3-6,9H2/t7-,8+/m0/s1. The summed E-state index contributed by atoms with van der Waals surface area (Å²) in [6.07, 6.45) is 5.43. The minimum absolute atomic E-state index is 0.370. The van der Waals surface area contributed by atoms with E-state index in [1.165, 1.54) is 0 Å². The van der Waals surface area contributed by atoms with Crippen LogP contribution in [0.3, 0.4) is 0 Å². The van der Waals surface area contributed by atoms with Crippen LogP contribution < -0.4 is 5.73 Å². The van der Waals surface area contributed by atoms with E-state index in [-0.39, 0.29) is 0 Å². The molecule has 1 rings (SSSR count). The smallest absolute Gasteiger partial charge is 0.0648 e. The van der Waals surface area contributed by atoms with E-state index in [4.69, 9.17) is 10.5 Å². The third-order valence-corrected chi connectivity index (χ3v) is 1.87. The molecule has 0 radical (unpaired) electrons. The molecule has 0 saturated heterocycles. The topological polar surface area (TPSA) is 35.2 Å². The van der Waals surface area contributed by atoms with Crippen molar-refractivity contribution < 1.29 is 4.74 Å². The molecule has 0 unspecified atom stereocenters. The predicted octanol–water partition coefficient (Wildman–Crippen LogP) is 1.07. The minimum Gasteiger partial charge on any atom is -0.374 e. The summed E-state index contributed by atoms with van der Waals surface area (Å²) in [5.74, 6) is 0. The van der Waals surface area contributed by atoms with Gasteiger partial charge in [0.05, 0.1) is 12.7 Å². The highest BCUT2D eigenvalue weighted by Crippen LogP contribution is 2.19. The molecule has 0 spiro atoms. The van der Waals surface area contributed by atoms with Crippen LogP contribution in [0.15, 0.2) is 12.7 Å². The fourth-order valence-corrected chi connectivity index (χ4v) is 1.33. The first kappa shape index (κ1) is 7.76. The van der Waals surface area contributed by atoms with Gasteiger partial charge < -0.3 is 10.5 Å². The third-order valence-electron chi connectivity index (χ3n) is 1.87. The molecule has 1 aliphatic carbocycles. The molecular weight excluding hydrogens is 126 g/mol. The largest absolute Gasteiger partial charge is 0.374 e. The van der Waals surface area contributed by atoms with Crippen molar-refractivity contribution in [2.24, 2.45) is 5.73 Å². The average molecular weight is 141 g/mol. The van der Waals surface area contributed by atoms with Crippen molar-refractivity contribution in [2.75, 3.05) is 6.61 Å². The molecule has 0 aromatic heterocycles. The van der Waals surface area contributed by atoms with Gasteiger partial charge in [-0.3, -0.25) is 0 Å². The maximum Gasteiger partial charge on any atom is 0.0648 e. The van der Waals surface area contributed by atoms with Crippen LogP contribution in [-0.2, 0) is 4.74 Å². The van der Waals surface area contributed by atoms with Crippen molar-refractivity contribution in [3.8, 4) is 0 Å². The Balaban J connectivity index is 2.12. The Hall–Kier alpha value is -0.340. The predicted molar refractivity (Wildman–Crippen MR) is 41.8 cm³/mol. The van der Waals surface area contributed by atoms with E-state index in [0.717, 1.165) is 19.3 Å². The molecule has 2 nitrogen and oxygen atoms in total. The lowest BCUT2D eigenvalue weighted by Crippen LogP contribution is -2.17. The van der Waals surface area contributed by atoms with Crippen LogP contribution in [0, 0.1) is 0 Å². The van der Waals surface area contributed by atoms with Crippen LogP contribution in [0.5, 0.6) is 0 Å². The zero-order valence-corrected chi connectivity index (χ0v) is 6.25. The molecule has 2 N–H and O–H groups in total. The molecule has 1 saturated carbocycles. The highest BCUT2D eigenvalue weighted by molar-refractivity contribution is 4.79. The van der Waals surface area contributed by atoms with Crippen molar-refractivity contribution >= 4 is 0 Å². The van der Waals surface area contributed by atoms with Gasteiger partial charge in [0.2, 0.25) is 0 Å². The fourth-order valence-electron chi connectivity index (χ4n) is 1.33. The summed E-state index contributed by atoms with van der Waals surface area (Å²) in [5, 5.41) is 0. The quantitative estimate of drug-likeness (QED) is 0.597. The van der Waals surface area contributed by atoms with E-state index in [1.54, 1.807) is 6.08 Å². The van der Waals surface area contributed by atoms with Crippen LogP contribution in [0.25, 0.3) is 0 Å². The summed E-state index contributed by atoms with van der Waals surface area (Å²) >= 11 is 0. The highest BCUT2D eigenvalue weighted by atomic mass is 16.5. The Morgan fingerprint density at radius 1 is 1.60 bits per heavy atom. The van der Waals surface area contributed by atoms with E-state index in [9.17, 15) is 0 Å². The van der Waals surface area contributed by atoms with Crippen molar-refractivity contribution in [3.05, 3.63) is 12.7 Å². The number of ether oxygens (including phenoxy) is 1. The summed E-state index contributed by atoms with van der Waals surface area (Å²) in [6.45, 7) is 4.25. The molecule has 2 atom stereocenters. The van der Waals surface area contributed by atoms with Crippen LogP contribution in [0.1, 0.15) is 19.3 Å². The molecule has 0 heterocycles. The number of rotatable bonds is 3. The molecule has 1 fully saturated rings. The Kier molecular flexibility index (Phi) is 2.90.